The van der Waals surface area contributed by atoms with Crippen LogP contribution in [0.1, 0.15) is 49.3 Å². The molecule has 4 heteroatoms. The number of aliphatic hydroxyl groups is 2. The number of ketones is 1. The van der Waals surface area contributed by atoms with Crippen molar-refractivity contribution in [2.45, 2.75) is 50.4 Å². The van der Waals surface area contributed by atoms with E-state index < -0.39 is 17.8 Å². The Morgan fingerprint density at radius 3 is 1.62 bits per heavy atom. The summed E-state index contributed by atoms with van der Waals surface area (Å²) in [5.74, 6) is -0.348. The van der Waals surface area contributed by atoms with E-state index in [1.807, 2.05) is 91.0 Å². The quantitative estimate of drug-likeness (QED) is 0.317. The van der Waals surface area contributed by atoms with Crippen LogP contribution in [0.2, 0.25) is 0 Å². The van der Waals surface area contributed by atoms with Gasteiger partial charge < -0.3 is 14.9 Å². The highest BCUT2D eigenvalue weighted by Gasteiger charge is 2.39. The summed E-state index contributed by atoms with van der Waals surface area (Å²) >= 11 is 0. The number of hydrogen-bond acceptors (Lipinski definition) is 4. The summed E-state index contributed by atoms with van der Waals surface area (Å²) in [7, 11) is 0. The molecule has 0 spiro atoms. The standard InChI is InChI=1S/C28H32O4/c1-2-3-7-20-25(29)27(31)26(30)21-32-28(22-14-8-4-9-15-22,23-16-10-5-11-17-23)24-18-12-6-13-19-24/h4-6,8-19,26-27,30-31H,2-3,7,20-21H2,1H3/t26-,27?/m0/s1. The van der Waals surface area contributed by atoms with Crippen LogP contribution < -0.4 is 0 Å². The van der Waals surface area contributed by atoms with Gasteiger partial charge in [0.1, 0.15) is 17.8 Å². The van der Waals surface area contributed by atoms with Crippen LogP contribution in [0.15, 0.2) is 91.0 Å². The Hall–Kier alpha value is -2.79. The number of benzene rings is 3. The van der Waals surface area contributed by atoms with Gasteiger partial charge in [0, 0.05) is 6.42 Å². The molecule has 0 fully saturated rings. The molecule has 0 amide bonds. The third-order valence-corrected chi connectivity index (χ3v) is 5.73. The Labute approximate surface area is 190 Å². The van der Waals surface area contributed by atoms with Crippen molar-refractivity contribution in [3.05, 3.63) is 108 Å². The third kappa shape index (κ3) is 5.52. The Morgan fingerprint density at radius 1 is 0.781 bits per heavy atom. The average Bonchev–Trinajstić information content (AvgIpc) is 2.86. The molecule has 0 saturated carbocycles. The summed E-state index contributed by atoms with van der Waals surface area (Å²) in [6.07, 6.45) is 0.0915. The highest BCUT2D eigenvalue weighted by atomic mass is 16.5. The lowest BCUT2D eigenvalue weighted by molar-refractivity contribution is -0.138. The first-order valence-corrected chi connectivity index (χ1v) is 11.3. The number of ether oxygens (including phenoxy) is 1. The lowest BCUT2D eigenvalue weighted by atomic mass is 9.80. The molecule has 0 aliphatic rings. The van der Waals surface area contributed by atoms with Crippen molar-refractivity contribution in [1.82, 2.24) is 0 Å². The summed E-state index contributed by atoms with van der Waals surface area (Å²) in [6, 6.07) is 29.4. The Balaban J connectivity index is 1.94. The Morgan fingerprint density at radius 2 is 1.22 bits per heavy atom. The van der Waals surface area contributed by atoms with Crippen LogP contribution in [0, 0.1) is 0 Å². The highest BCUT2D eigenvalue weighted by Crippen LogP contribution is 2.40. The fraction of sp³-hybridized carbons (Fsp3) is 0.321. The fourth-order valence-electron chi connectivity index (χ4n) is 3.98. The van der Waals surface area contributed by atoms with Crippen LogP contribution in [-0.2, 0) is 15.1 Å². The van der Waals surface area contributed by atoms with E-state index in [2.05, 4.69) is 6.92 Å². The fourth-order valence-corrected chi connectivity index (χ4v) is 3.98. The van der Waals surface area contributed by atoms with Gasteiger partial charge in [-0.15, -0.1) is 0 Å². The lowest BCUT2D eigenvalue weighted by Gasteiger charge is -2.37. The molecule has 4 nitrogen and oxygen atoms in total. The molecule has 3 aromatic carbocycles. The maximum absolute atomic E-state index is 12.3. The summed E-state index contributed by atoms with van der Waals surface area (Å²) in [4.78, 5) is 12.3. The molecule has 0 heterocycles. The van der Waals surface area contributed by atoms with Crippen LogP contribution in [0.4, 0.5) is 0 Å². The predicted molar refractivity (Wildman–Crippen MR) is 126 cm³/mol. The Bertz CT molecular complexity index is 844. The van der Waals surface area contributed by atoms with E-state index in [0.717, 1.165) is 29.5 Å². The van der Waals surface area contributed by atoms with E-state index in [4.69, 9.17) is 4.74 Å². The third-order valence-electron chi connectivity index (χ3n) is 5.73. The van der Waals surface area contributed by atoms with Gasteiger partial charge in [0.05, 0.1) is 6.61 Å². The van der Waals surface area contributed by atoms with Crippen molar-refractivity contribution < 1.29 is 19.7 Å². The minimum Gasteiger partial charge on any atom is -0.388 e. The normalized spacial score (nSPS) is 13.5. The minimum absolute atomic E-state index is 0.195. The first-order chi connectivity index (χ1) is 15.6. The number of carbonyl (C=O) groups is 1. The summed E-state index contributed by atoms with van der Waals surface area (Å²) < 4.78 is 6.48. The van der Waals surface area contributed by atoms with Gasteiger partial charge in [-0.05, 0) is 23.1 Å². The minimum atomic E-state index is -1.47. The van der Waals surface area contributed by atoms with Crippen LogP contribution in [0.3, 0.4) is 0 Å². The van der Waals surface area contributed by atoms with Crippen molar-refractivity contribution >= 4 is 5.78 Å². The first-order valence-electron chi connectivity index (χ1n) is 11.3. The van der Waals surface area contributed by atoms with Crippen molar-refractivity contribution in [2.24, 2.45) is 0 Å². The number of aliphatic hydroxyl groups excluding tert-OH is 2. The van der Waals surface area contributed by atoms with Crippen molar-refractivity contribution in [3.8, 4) is 0 Å². The van der Waals surface area contributed by atoms with Crippen molar-refractivity contribution in [3.63, 3.8) is 0 Å². The maximum Gasteiger partial charge on any atom is 0.164 e. The largest absolute Gasteiger partial charge is 0.388 e. The molecule has 0 bridgehead atoms. The summed E-state index contributed by atoms with van der Waals surface area (Å²) in [6.45, 7) is 1.86. The molecule has 3 aromatic rings. The van der Waals surface area contributed by atoms with Gasteiger partial charge in [-0.2, -0.15) is 0 Å². The molecule has 0 aromatic heterocycles. The van der Waals surface area contributed by atoms with E-state index in [9.17, 15) is 15.0 Å². The number of rotatable bonds is 12. The average molecular weight is 433 g/mol. The Kier molecular flexibility index (Phi) is 8.74. The molecule has 1 unspecified atom stereocenters. The molecule has 2 atom stereocenters. The van der Waals surface area contributed by atoms with Crippen LogP contribution in [0.25, 0.3) is 0 Å². The van der Waals surface area contributed by atoms with E-state index in [0.29, 0.717) is 6.42 Å². The molecule has 168 valence electrons. The van der Waals surface area contributed by atoms with E-state index in [-0.39, 0.29) is 18.8 Å². The maximum atomic E-state index is 12.3. The molecule has 0 aliphatic heterocycles. The molecular weight excluding hydrogens is 400 g/mol. The molecule has 0 radical (unpaired) electrons. The SMILES string of the molecule is CCCCCC(=O)C(O)[C@@H](O)COC(c1ccccc1)(c1ccccc1)c1ccccc1. The van der Waals surface area contributed by atoms with Crippen LogP contribution in [-0.4, -0.2) is 34.8 Å². The molecule has 2 N–H and O–H groups in total. The van der Waals surface area contributed by atoms with E-state index in [1.54, 1.807) is 0 Å². The van der Waals surface area contributed by atoms with Gasteiger partial charge in [0.2, 0.25) is 0 Å². The van der Waals surface area contributed by atoms with Gasteiger partial charge >= 0.3 is 0 Å². The predicted octanol–water partition coefficient (Wildman–Crippen LogP) is 4.87. The number of unbranched alkanes of at least 4 members (excludes halogenated alkanes) is 2. The van der Waals surface area contributed by atoms with Gasteiger partial charge in [0.25, 0.3) is 0 Å². The second-order valence-corrected chi connectivity index (χ2v) is 8.03. The summed E-state index contributed by atoms with van der Waals surface area (Å²) in [5.41, 5.74) is 1.69. The van der Waals surface area contributed by atoms with Gasteiger partial charge in [0.15, 0.2) is 5.78 Å². The van der Waals surface area contributed by atoms with Crippen LogP contribution >= 0.6 is 0 Å². The lowest BCUT2D eigenvalue weighted by Crippen LogP contribution is -2.41. The zero-order valence-electron chi connectivity index (χ0n) is 18.6. The smallest absolute Gasteiger partial charge is 0.164 e. The number of Topliss-reactive ketones (excluding diaryl/α,β-unsaturated/α-hetero) is 1. The van der Waals surface area contributed by atoms with Gasteiger partial charge in [-0.25, -0.2) is 0 Å². The molecular formula is C28H32O4. The molecule has 0 aliphatic carbocycles. The topological polar surface area (TPSA) is 66.8 Å². The molecule has 0 saturated heterocycles. The van der Waals surface area contributed by atoms with Gasteiger partial charge in [-0.3, -0.25) is 4.79 Å². The van der Waals surface area contributed by atoms with E-state index in [1.165, 1.54) is 0 Å². The zero-order chi connectivity index (χ0) is 22.8. The highest BCUT2D eigenvalue weighted by molar-refractivity contribution is 5.83. The molecule has 32 heavy (non-hydrogen) atoms. The zero-order valence-corrected chi connectivity index (χ0v) is 18.6. The van der Waals surface area contributed by atoms with E-state index >= 15 is 0 Å². The summed E-state index contributed by atoms with van der Waals surface area (Å²) in [5, 5.41) is 21.1. The second-order valence-electron chi connectivity index (χ2n) is 8.03. The number of hydrogen-bond donors (Lipinski definition) is 2. The molecule has 3 rings (SSSR count). The number of carbonyl (C=O) groups excluding carboxylic acids is 1. The van der Waals surface area contributed by atoms with Crippen LogP contribution in [0.5, 0.6) is 0 Å². The van der Waals surface area contributed by atoms with Gasteiger partial charge in [-0.1, -0.05) is 111 Å². The van der Waals surface area contributed by atoms with Crippen molar-refractivity contribution in [1.29, 1.82) is 0 Å². The monoisotopic (exact) mass is 432 g/mol. The first kappa shape index (κ1) is 23.9. The second kappa shape index (κ2) is 11.7. The van der Waals surface area contributed by atoms with Crippen molar-refractivity contribution in [2.75, 3.05) is 6.61 Å².